The van der Waals surface area contributed by atoms with Gasteiger partial charge in [0.1, 0.15) is 5.76 Å². The van der Waals surface area contributed by atoms with Crippen molar-refractivity contribution in [1.82, 2.24) is 10.2 Å². The maximum Gasteiger partial charge on any atom is 0.287 e. The molecule has 2 N–H and O–H groups in total. The van der Waals surface area contributed by atoms with Crippen molar-refractivity contribution in [3.05, 3.63) is 72.5 Å². The van der Waals surface area contributed by atoms with Gasteiger partial charge in [0.2, 0.25) is 0 Å². The standard InChI is InChI=1S/C24H25N3O4S/c28-24(25-21-16-27-13-11-17(21)12-14-27)23-10-9-22(31-23)18-5-4-6-19(15-18)26-32(29,30)20-7-2-1-3-8-20/h1-10,15,17,21,26H,11-14,16H2,(H,25,28). The summed E-state index contributed by atoms with van der Waals surface area (Å²) in [6.07, 6.45) is 2.25. The predicted molar refractivity (Wildman–Crippen MR) is 122 cm³/mol. The molecule has 8 heteroatoms. The highest BCUT2D eigenvalue weighted by atomic mass is 32.2. The smallest absolute Gasteiger partial charge is 0.287 e. The number of piperidine rings is 3. The van der Waals surface area contributed by atoms with E-state index in [1.165, 1.54) is 0 Å². The van der Waals surface area contributed by atoms with Crippen molar-refractivity contribution in [2.45, 2.75) is 23.8 Å². The minimum atomic E-state index is -3.69. The Morgan fingerprint density at radius 2 is 1.75 bits per heavy atom. The lowest BCUT2D eigenvalue weighted by Gasteiger charge is -2.44. The van der Waals surface area contributed by atoms with Gasteiger partial charge in [0.05, 0.1) is 4.90 Å². The maximum atomic E-state index is 12.7. The van der Waals surface area contributed by atoms with E-state index in [9.17, 15) is 13.2 Å². The second-order valence-electron chi connectivity index (χ2n) is 8.38. The van der Waals surface area contributed by atoms with E-state index in [0.717, 1.165) is 32.5 Å². The van der Waals surface area contributed by atoms with Crippen LogP contribution in [0.4, 0.5) is 5.69 Å². The van der Waals surface area contributed by atoms with E-state index in [0.29, 0.717) is 22.9 Å². The molecule has 3 aliphatic rings. The van der Waals surface area contributed by atoms with Crippen molar-refractivity contribution in [1.29, 1.82) is 0 Å². The van der Waals surface area contributed by atoms with E-state index in [4.69, 9.17) is 4.42 Å². The van der Waals surface area contributed by atoms with Gasteiger partial charge in [-0.15, -0.1) is 0 Å². The van der Waals surface area contributed by atoms with Gasteiger partial charge < -0.3 is 14.6 Å². The Morgan fingerprint density at radius 3 is 2.47 bits per heavy atom. The SMILES string of the molecule is O=C(NC1CN2CCC1CC2)c1ccc(-c2cccc(NS(=O)(=O)c3ccccc3)c2)o1. The zero-order valence-corrected chi connectivity index (χ0v) is 18.3. The summed E-state index contributed by atoms with van der Waals surface area (Å²) >= 11 is 0. The van der Waals surface area contributed by atoms with Gasteiger partial charge >= 0.3 is 0 Å². The number of amides is 1. The molecule has 0 radical (unpaired) electrons. The topological polar surface area (TPSA) is 91.7 Å². The molecule has 1 atom stereocenters. The lowest BCUT2D eigenvalue weighted by Crippen LogP contribution is -2.57. The van der Waals surface area contributed by atoms with Crippen LogP contribution in [0.15, 0.2) is 76.0 Å². The number of hydrogen-bond donors (Lipinski definition) is 2. The fraction of sp³-hybridized carbons (Fsp3) is 0.292. The Balaban J connectivity index is 1.29. The minimum absolute atomic E-state index is 0.161. The molecule has 4 heterocycles. The second kappa shape index (κ2) is 8.44. The van der Waals surface area contributed by atoms with Gasteiger partial charge in [-0.05, 0) is 68.2 Å². The molecule has 3 saturated heterocycles. The van der Waals surface area contributed by atoms with Crippen molar-refractivity contribution in [2.75, 3.05) is 24.4 Å². The highest BCUT2D eigenvalue weighted by molar-refractivity contribution is 7.92. The van der Waals surface area contributed by atoms with Crippen LogP contribution in [0.1, 0.15) is 23.4 Å². The summed E-state index contributed by atoms with van der Waals surface area (Å²) in [4.78, 5) is 15.3. The number of sulfonamides is 1. The number of rotatable bonds is 6. The molecule has 0 aliphatic carbocycles. The molecule has 1 aromatic heterocycles. The first-order chi connectivity index (χ1) is 15.5. The summed E-state index contributed by atoms with van der Waals surface area (Å²) in [5, 5.41) is 3.13. The highest BCUT2D eigenvalue weighted by Crippen LogP contribution is 2.29. The van der Waals surface area contributed by atoms with Gasteiger partial charge in [-0.2, -0.15) is 0 Å². The summed E-state index contributed by atoms with van der Waals surface area (Å²) < 4.78 is 33.6. The van der Waals surface area contributed by atoms with E-state index in [1.807, 2.05) is 6.07 Å². The van der Waals surface area contributed by atoms with Crippen molar-refractivity contribution in [2.24, 2.45) is 5.92 Å². The van der Waals surface area contributed by atoms with Crippen molar-refractivity contribution in [3.63, 3.8) is 0 Å². The zero-order chi connectivity index (χ0) is 22.1. The third-order valence-corrected chi connectivity index (χ3v) is 7.65. The summed E-state index contributed by atoms with van der Waals surface area (Å²) in [6, 6.07) is 18.7. The van der Waals surface area contributed by atoms with E-state index in [2.05, 4.69) is 14.9 Å². The van der Waals surface area contributed by atoms with Crippen LogP contribution in [0.2, 0.25) is 0 Å². The van der Waals surface area contributed by atoms with Crippen molar-refractivity contribution >= 4 is 21.6 Å². The Hall–Kier alpha value is -3.10. The van der Waals surface area contributed by atoms with Crippen LogP contribution in [0, 0.1) is 5.92 Å². The number of nitrogens with one attached hydrogen (secondary N) is 2. The number of nitrogens with zero attached hydrogens (tertiary/aromatic N) is 1. The number of hydrogen-bond acceptors (Lipinski definition) is 5. The quantitative estimate of drug-likeness (QED) is 0.598. The second-order valence-corrected chi connectivity index (χ2v) is 10.1. The summed E-state index contributed by atoms with van der Waals surface area (Å²) in [7, 11) is -3.69. The monoisotopic (exact) mass is 451 g/mol. The normalized spacial score (nSPS) is 22.4. The number of fused-ring (bicyclic) bond motifs is 3. The number of benzene rings is 2. The van der Waals surface area contributed by atoms with Gasteiger partial charge in [0, 0.05) is 23.8 Å². The molecular weight excluding hydrogens is 426 g/mol. The number of anilines is 1. The van der Waals surface area contributed by atoms with Crippen LogP contribution < -0.4 is 10.0 Å². The minimum Gasteiger partial charge on any atom is -0.451 e. The van der Waals surface area contributed by atoms with E-state index >= 15 is 0 Å². The largest absolute Gasteiger partial charge is 0.451 e. The Morgan fingerprint density at radius 1 is 0.969 bits per heavy atom. The molecular formula is C24H25N3O4S. The van der Waals surface area contributed by atoms with Crippen LogP contribution in [0.25, 0.3) is 11.3 Å². The fourth-order valence-electron chi connectivity index (χ4n) is 4.53. The molecule has 1 amide bonds. The highest BCUT2D eigenvalue weighted by Gasteiger charge is 2.35. The molecule has 1 unspecified atom stereocenters. The summed E-state index contributed by atoms with van der Waals surface area (Å²) in [5.41, 5.74) is 1.10. The predicted octanol–water partition coefficient (Wildman–Crippen LogP) is 3.57. The fourth-order valence-corrected chi connectivity index (χ4v) is 5.60. The molecule has 7 nitrogen and oxygen atoms in total. The van der Waals surface area contributed by atoms with Gasteiger partial charge in [0.15, 0.2) is 5.76 Å². The Labute approximate surface area is 187 Å². The molecule has 3 aliphatic heterocycles. The van der Waals surface area contributed by atoms with Gasteiger partial charge in [-0.1, -0.05) is 30.3 Å². The lowest BCUT2D eigenvalue weighted by atomic mass is 9.84. The van der Waals surface area contributed by atoms with Gasteiger partial charge in [-0.3, -0.25) is 9.52 Å². The Bertz CT molecular complexity index is 1210. The first-order valence-electron chi connectivity index (χ1n) is 10.8. The molecule has 3 aromatic rings. The van der Waals surface area contributed by atoms with Crippen LogP contribution in [0.3, 0.4) is 0 Å². The Kier molecular flexibility index (Phi) is 5.48. The van der Waals surface area contributed by atoms with Crippen molar-refractivity contribution < 1.29 is 17.6 Å². The molecule has 32 heavy (non-hydrogen) atoms. The maximum absolute atomic E-state index is 12.7. The average Bonchev–Trinajstić information content (AvgIpc) is 3.31. The molecule has 2 bridgehead atoms. The number of furan rings is 1. The molecule has 6 rings (SSSR count). The van der Waals surface area contributed by atoms with Crippen LogP contribution in [0.5, 0.6) is 0 Å². The van der Waals surface area contributed by atoms with Crippen LogP contribution in [-0.4, -0.2) is 44.9 Å². The zero-order valence-electron chi connectivity index (χ0n) is 17.5. The average molecular weight is 452 g/mol. The van der Waals surface area contributed by atoms with Crippen LogP contribution >= 0.6 is 0 Å². The van der Waals surface area contributed by atoms with Crippen molar-refractivity contribution in [3.8, 4) is 11.3 Å². The molecule has 2 aromatic carbocycles. The van der Waals surface area contributed by atoms with Gasteiger partial charge in [-0.25, -0.2) is 8.42 Å². The molecule has 3 fully saturated rings. The lowest BCUT2D eigenvalue weighted by molar-refractivity contribution is 0.0606. The van der Waals surface area contributed by atoms with E-state index in [1.54, 1.807) is 60.7 Å². The molecule has 0 saturated carbocycles. The third kappa shape index (κ3) is 4.28. The molecule has 166 valence electrons. The first-order valence-corrected chi connectivity index (χ1v) is 12.3. The van der Waals surface area contributed by atoms with E-state index in [-0.39, 0.29) is 22.6 Å². The van der Waals surface area contributed by atoms with Gasteiger partial charge in [0.25, 0.3) is 15.9 Å². The number of carbonyl (C=O) groups excluding carboxylic acids is 1. The molecule has 0 spiro atoms. The number of carbonyl (C=O) groups is 1. The third-order valence-electron chi connectivity index (χ3n) is 6.26. The van der Waals surface area contributed by atoms with E-state index < -0.39 is 10.0 Å². The summed E-state index contributed by atoms with van der Waals surface area (Å²) in [5.74, 6) is 1.08. The van der Waals surface area contributed by atoms with Crippen LogP contribution in [-0.2, 0) is 10.0 Å². The summed E-state index contributed by atoms with van der Waals surface area (Å²) in [6.45, 7) is 3.13. The first kappa shape index (κ1) is 20.8.